The van der Waals surface area contributed by atoms with Gasteiger partial charge in [-0.15, -0.1) is 0 Å². The number of carbonyl (C=O) groups is 2. The van der Waals surface area contributed by atoms with Gasteiger partial charge in [0.1, 0.15) is 21.8 Å². The van der Waals surface area contributed by atoms with E-state index in [4.69, 9.17) is 28.8 Å². The van der Waals surface area contributed by atoms with E-state index < -0.39 is 21.2 Å². The van der Waals surface area contributed by atoms with E-state index in [0.29, 0.717) is 17.6 Å². The fourth-order valence-corrected chi connectivity index (χ4v) is 9.47. The molecule has 3 aromatic heterocycles. The van der Waals surface area contributed by atoms with Crippen LogP contribution in [0.3, 0.4) is 0 Å². The van der Waals surface area contributed by atoms with E-state index in [-0.39, 0.29) is 71.9 Å². The zero-order valence-electron chi connectivity index (χ0n) is 37.3. The van der Waals surface area contributed by atoms with Crippen LogP contribution in [-0.2, 0) is 42.2 Å². The summed E-state index contributed by atoms with van der Waals surface area (Å²) in [4.78, 5) is 33.5. The van der Waals surface area contributed by atoms with Crippen molar-refractivity contribution in [1.29, 1.82) is 0 Å². The van der Waals surface area contributed by atoms with Crippen LogP contribution in [0.5, 0.6) is 0 Å². The SMILES string of the molecule is CC(C)(C)OC(=O)C[C@@H](CCCC1CCCCC1)c1nc(CN)no1.Cc1noc(C)c1S(=O)(=O)NCc1noc([C@H](CCCC2CCCCC2)CC(=O)OC(C)(C)C)n1. The normalized spacial score (nSPS) is 16.8. The van der Waals surface area contributed by atoms with Crippen molar-refractivity contribution in [2.45, 2.75) is 212 Å². The van der Waals surface area contributed by atoms with Crippen molar-refractivity contribution in [3.63, 3.8) is 0 Å². The van der Waals surface area contributed by atoms with Crippen LogP contribution in [0.4, 0.5) is 0 Å². The number of nitrogens with zero attached hydrogens (tertiary/aromatic N) is 5. The smallest absolute Gasteiger partial charge is 0.307 e. The summed E-state index contributed by atoms with van der Waals surface area (Å²) >= 11 is 0. The van der Waals surface area contributed by atoms with Crippen molar-refractivity contribution < 1.29 is 41.0 Å². The Morgan fingerprint density at radius 1 is 0.717 bits per heavy atom. The van der Waals surface area contributed by atoms with Gasteiger partial charge in [-0.25, -0.2) is 13.1 Å². The van der Waals surface area contributed by atoms with Gasteiger partial charge in [0.25, 0.3) is 0 Å². The van der Waals surface area contributed by atoms with Crippen molar-refractivity contribution in [1.82, 2.24) is 30.2 Å². The van der Waals surface area contributed by atoms with Crippen LogP contribution in [0.15, 0.2) is 18.5 Å². The van der Waals surface area contributed by atoms with Crippen molar-refractivity contribution >= 4 is 22.0 Å². The highest BCUT2D eigenvalue weighted by Gasteiger charge is 2.29. The van der Waals surface area contributed by atoms with Gasteiger partial charge in [0.05, 0.1) is 25.9 Å². The van der Waals surface area contributed by atoms with Crippen LogP contribution in [-0.4, -0.2) is 57.0 Å². The lowest BCUT2D eigenvalue weighted by Gasteiger charge is -2.23. The number of ether oxygens (including phenoxy) is 2. The van der Waals surface area contributed by atoms with E-state index >= 15 is 0 Å². The molecular formula is C43H71N7O9S. The van der Waals surface area contributed by atoms with Crippen LogP contribution in [0.25, 0.3) is 0 Å². The minimum absolute atomic E-state index is 0.00623. The van der Waals surface area contributed by atoms with Crippen molar-refractivity contribution in [3.05, 3.63) is 34.9 Å². The molecule has 338 valence electrons. The van der Waals surface area contributed by atoms with E-state index in [1.165, 1.54) is 77.6 Å². The number of aryl methyl sites for hydroxylation is 2. The van der Waals surface area contributed by atoms with E-state index in [1.807, 2.05) is 41.5 Å². The van der Waals surface area contributed by atoms with E-state index in [2.05, 4.69) is 30.2 Å². The average Bonchev–Trinajstić information content (AvgIpc) is 3.93. The molecule has 60 heavy (non-hydrogen) atoms. The first kappa shape index (κ1) is 49.0. The molecular weight excluding hydrogens is 791 g/mol. The highest BCUT2D eigenvalue weighted by Crippen LogP contribution is 2.33. The minimum atomic E-state index is -3.86. The Morgan fingerprint density at radius 3 is 1.57 bits per heavy atom. The second kappa shape index (κ2) is 22.9. The average molecular weight is 862 g/mol. The van der Waals surface area contributed by atoms with Gasteiger partial charge >= 0.3 is 11.9 Å². The lowest BCUT2D eigenvalue weighted by atomic mass is 9.84. The van der Waals surface area contributed by atoms with Gasteiger partial charge in [0, 0.05) is 11.8 Å². The summed E-state index contributed by atoms with van der Waals surface area (Å²) in [6, 6.07) is 0. The molecule has 0 aromatic carbocycles. The van der Waals surface area contributed by atoms with Crippen LogP contribution < -0.4 is 10.5 Å². The molecule has 17 heteroatoms. The Hall–Kier alpha value is -3.70. The highest BCUT2D eigenvalue weighted by atomic mass is 32.2. The number of sulfonamides is 1. The third-order valence-corrected chi connectivity index (χ3v) is 12.6. The van der Waals surface area contributed by atoms with Crippen molar-refractivity contribution in [2.24, 2.45) is 17.6 Å². The second-order valence-corrected chi connectivity index (χ2v) is 20.3. The molecule has 5 rings (SSSR count). The van der Waals surface area contributed by atoms with E-state index in [0.717, 1.165) is 43.9 Å². The summed E-state index contributed by atoms with van der Waals surface area (Å²) in [6.07, 6.45) is 19.6. The maximum absolute atomic E-state index is 12.7. The number of nitrogens with one attached hydrogen (secondary N) is 1. The Bertz CT molecular complexity index is 1840. The molecule has 0 saturated heterocycles. The summed E-state index contributed by atoms with van der Waals surface area (Å²) in [5.74, 6) is 2.37. The fourth-order valence-electron chi connectivity index (χ4n) is 8.16. The first-order valence-corrected chi connectivity index (χ1v) is 23.5. The van der Waals surface area contributed by atoms with Crippen LogP contribution in [0.1, 0.15) is 204 Å². The molecule has 2 aliphatic carbocycles. The molecule has 3 aromatic rings. The number of rotatable bonds is 19. The van der Waals surface area contributed by atoms with Crippen LogP contribution in [0.2, 0.25) is 0 Å². The largest absolute Gasteiger partial charge is 0.460 e. The molecule has 0 amide bonds. The number of esters is 2. The third-order valence-electron chi connectivity index (χ3n) is 11.0. The highest BCUT2D eigenvalue weighted by molar-refractivity contribution is 7.89. The predicted molar refractivity (Wildman–Crippen MR) is 224 cm³/mol. The Kier molecular flexibility index (Phi) is 18.7. The van der Waals surface area contributed by atoms with Gasteiger partial charge in [-0.1, -0.05) is 105 Å². The number of nitrogens with two attached hydrogens (primary N) is 1. The number of carbonyl (C=O) groups excluding carboxylic acids is 2. The summed E-state index contributed by atoms with van der Waals surface area (Å²) in [7, 11) is -3.86. The molecule has 0 unspecified atom stereocenters. The molecule has 2 aliphatic rings. The summed E-state index contributed by atoms with van der Waals surface area (Å²) in [5.41, 5.74) is 4.78. The summed E-state index contributed by atoms with van der Waals surface area (Å²) in [5, 5.41) is 11.5. The van der Waals surface area contributed by atoms with Crippen LogP contribution in [0, 0.1) is 25.7 Å². The third kappa shape index (κ3) is 17.0. The van der Waals surface area contributed by atoms with E-state index in [1.54, 1.807) is 6.92 Å². The Balaban J connectivity index is 0.000000280. The standard InChI is InChI=1S/C24H38N4O6S.C19H33N3O3/c1-16-22(17(2)33-27-16)35(30,31)25-15-20-26-23(34-28-20)19(14-21(29)32-24(3,4)5)13-9-12-18-10-7-6-8-11-18;1-19(2,3)24-17(23)12-15(18-21-16(13-20)22-25-18)11-7-10-14-8-5-4-6-9-14/h18-19,25H,6-15H2,1-5H3;14-15H,4-13,20H2,1-3H3/t19-;15-/m11/s1. The zero-order chi connectivity index (χ0) is 43.9. The van der Waals surface area contributed by atoms with Crippen molar-refractivity contribution in [2.75, 3.05) is 0 Å². The summed E-state index contributed by atoms with van der Waals surface area (Å²) in [6.45, 7) is 14.3. The molecule has 0 bridgehead atoms. The van der Waals surface area contributed by atoms with Crippen LogP contribution >= 0.6 is 0 Å². The van der Waals surface area contributed by atoms with Gasteiger partial charge in [-0.3, -0.25) is 9.59 Å². The molecule has 2 saturated carbocycles. The maximum atomic E-state index is 12.7. The van der Waals surface area contributed by atoms with E-state index in [9.17, 15) is 18.0 Å². The Labute approximate surface area is 356 Å². The number of hydrogen-bond donors (Lipinski definition) is 2. The van der Waals surface area contributed by atoms with Gasteiger partial charge in [0.2, 0.25) is 21.8 Å². The lowest BCUT2D eigenvalue weighted by Crippen LogP contribution is -2.25. The summed E-state index contributed by atoms with van der Waals surface area (Å²) < 4.78 is 54.5. The first-order chi connectivity index (χ1) is 28.3. The minimum Gasteiger partial charge on any atom is -0.460 e. The second-order valence-electron chi connectivity index (χ2n) is 18.6. The molecule has 0 aliphatic heterocycles. The molecule has 16 nitrogen and oxygen atoms in total. The molecule has 3 N–H and O–H groups in total. The molecule has 0 spiro atoms. The van der Waals surface area contributed by atoms with Gasteiger partial charge in [-0.05, 0) is 80.1 Å². The number of aromatic nitrogens is 5. The zero-order valence-corrected chi connectivity index (χ0v) is 38.2. The van der Waals surface area contributed by atoms with Gasteiger partial charge in [-0.2, -0.15) is 9.97 Å². The predicted octanol–water partition coefficient (Wildman–Crippen LogP) is 8.81. The molecule has 2 fully saturated rings. The maximum Gasteiger partial charge on any atom is 0.307 e. The monoisotopic (exact) mass is 862 g/mol. The first-order valence-electron chi connectivity index (χ1n) is 22.0. The van der Waals surface area contributed by atoms with Crippen molar-refractivity contribution in [3.8, 4) is 0 Å². The van der Waals surface area contributed by atoms with Gasteiger partial charge in [0.15, 0.2) is 17.4 Å². The van der Waals surface area contributed by atoms with Gasteiger partial charge < -0.3 is 28.8 Å². The molecule has 3 heterocycles. The topological polar surface area (TPSA) is 229 Å². The molecule has 2 atom stereocenters. The molecule has 0 radical (unpaired) electrons. The lowest BCUT2D eigenvalue weighted by molar-refractivity contribution is -0.156. The Morgan fingerprint density at radius 2 is 1.17 bits per heavy atom. The fraction of sp³-hybridized carbons (Fsp3) is 0.791. The number of hydrogen-bond acceptors (Lipinski definition) is 15. The quantitative estimate of drug-likeness (QED) is 0.107.